The lowest BCUT2D eigenvalue weighted by Crippen LogP contribution is -2.38. The number of amides is 2. The molecule has 1 aromatic carbocycles. The van der Waals surface area contributed by atoms with Crippen molar-refractivity contribution in [1.29, 1.82) is 0 Å². The van der Waals surface area contributed by atoms with Crippen molar-refractivity contribution in [2.24, 2.45) is 5.73 Å². The van der Waals surface area contributed by atoms with E-state index in [1.807, 2.05) is 0 Å². The van der Waals surface area contributed by atoms with E-state index in [1.165, 1.54) is 11.0 Å². The molecule has 0 saturated carbocycles. The minimum Gasteiger partial charge on any atom is -0.351 e. The zero-order valence-corrected chi connectivity index (χ0v) is 10.0. The Balaban J connectivity index is 2.25. The molecule has 18 heavy (non-hydrogen) atoms. The summed E-state index contributed by atoms with van der Waals surface area (Å²) in [6.45, 7) is 0.943. The molecule has 0 unspecified atom stereocenters. The molecule has 1 atom stereocenters. The molecule has 2 amide bonds. The first-order valence-electron chi connectivity index (χ1n) is 6.08. The van der Waals surface area contributed by atoms with Crippen LogP contribution in [0.5, 0.6) is 0 Å². The summed E-state index contributed by atoms with van der Waals surface area (Å²) < 4.78 is 26.9. The molecule has 1 saturated heterocycles. The molecule has 5 heteroatoms. The molecular weight excluding hydrogens is 238 g/mol. The van der Waals surface area contributed by atoms with Crippen LogP contribution in [0.2, 0.25) is 0 Å². The molecule has 0 aliphatic carbocycles. The lowest BCUT2D eigenvalue weighted by molar-refractivity contribution is 0.207. The van der Waals surface area contributed by atoms with Gasteiger partial charge >= 0.3 is 6.03 Å². The van der Waals surface area contributed by atoms with Crippen LogP contribution in [0.1, 0.15) is 30.7 Å². The fourth-order valence-corrected chi connectivity index (χ4v) is 2.43. The number of primary amides is 1. The predicted molar refractivity (Wildman–Crippen MR) is 64.1 cm³/mol. The molecule has 0 radical (unpaired) electrons. The Kier molecular flexibility index (Phi) is 3.79. The van der Waals surface area contributed by atoms with Gasteiger partial charge in [-0.1, -0.05) is 18.6 Å². The van der Waals surface area contributed by atoms with Crippen LogP contribution in [0, 0.1) is 11.6 Å². The number of likely N-dealkylation sites (tertiary alicyclic amines) is 1. The lowest BCUT2D eigenvalue weighted by atomic mass is 9.94. The molecule has 0 aromatic heterocycles. The average molecular weight is 254 g/mol. The van der Waals surface area contributed by atoms with Gasteiger partial charge < -0.3 is 10.6 Å². The highest BCUT2D eigenvalue weighted by molar-refractivity contribution is 5.72. The number of rotatable bonds is 1. The molecule has 0 spiro atoms. The second-order valence-corrected chi connectivity index (χ2v) is 4.62. The SMILES string of the molecule is NC(=O)N1CCCC[C@@H](c2cccc(F)c2F)C1. The fourth-order valence-electron chi connectivity index (χ4n) is 2.43. The van der Waals surface area contributed by atoms with Crippen molar-refractivity contribution >= 4 is 6.03 Å². The number of nitrogens with two attached hydrogens (primary N) is 1. The maximum atomic E-state index is 13.7. The second kappa shape index (κ2) is 5.33. The zero-order chi connectivity index (χ0) is 13.1. The van der Waals surface area contributed by atoms with Crippen molar-refractivity contribution in [2.45, 2.75) is 25.2 Å². The number of carbonyl (C=O) groups is 1. The van der Waals surface area contributed by atoms with Gasteiger partial charge in [0.15, 0.2) is 11.6 Å². The van der Waals surface area contributed by atoms with Gasteiger partial charge in [0.05, 0.1) is 0 Å². The Bertz CT molecular complexity index is 451. The first kappa shape index (κ1) is 12.8. The first-order valence-corrected chi connectivity index (χ1v) is 6.08. The van der Waals surface area contributed by atoms with E-state index < -0.39 is 17.7 Å². The van der Waals surface area contributed by atoms with Crippen molar-refractivity contribution in [1.82, 2.24) is 4.90 Å². The van der Waals surface area contributed by atoms with E-state index in [1.54, 1.807) is 6.07 Å². The molecule has 2 N–H and O–H groups in total. The average Bonchev–Trinajstić information content (AvgIpc) is 2.58. The summed E-state index contributed by atoms with van der Waals surface area (Å²) in [6, 6.07) is 3.67. The molecule has 2 rings (SSSR count). The van der Waals surface area contributed by atoms with Crippen LogP contribution in [0.15, 0.2) is 18.2 Å². The minimum absolute atomic E-state index is 0.185. The van der Waals surface area contributed by atoms with Crippen molar-refractivity contribution < 1.29 is 13.6 Å². The van der Waals surface area contributed by atoms with Gasteiger partial charge in [0.25, 0.3) is 0 Å². The van der Waals surface area contributed by atoms with Gasteiger partial charge in [-0.15, -0.1) is 0 Å². The Morgan fingerprint density at radius 1 is 1.33 bits per heavy atom. The second-order valence-electron chi connectivity index (χ2n) is 4.62. The molecule has 0 bridgehead atoms. The smallest absolute Gasteiger partial charge is 0.314 e. The van der Waals surface area contributed by atoms with Crippen LogP contribution in [-0.2, 0) is 0 Å². The molecular formula is C13H16F2N2O. The number of hydrogen-bond acceptors (Lipinski definition) is 1. The largest absolute Gasteiger partial charge is 0.351 e. The van der Waals surface area contributed by atoms with E-state index in [0.717, 1.165) is 25.3 Å². The van der Waals surface area contributed by atoms with Crippen LogP contribution < -0.4 is 5.73 Å². The number of hydrogen-bond donors (Lipinski definition) is 1. The van der Waals surface area contributed by atoms with Crippen molar-refractivity contribution in [2.75, 3.05) is 13.1 Å². The summed E-state index contributed by atoms with van der Waals surface area (Å²) >= 11 is 0. The first-order chi connectivity index (χ1) is 8.59. The Labute approximate surface area is 105 Å². The van der Waals surface area contributed by atoms with E-state index in [2.05, 4.69) is 0 Å². The summed E-state index contributed by atoms with van der Waals surface area (Å²) in [4.78, 5) is 12.7. The lowest BCUT2D eigenvalue weighted by Gasteiger charge is -2.23. The van der Waals surface area contributed by atoms with Crippen molar-refractivity contribution in [3.63, 3.8) is 0 Å². The predicted octanol–water partition coefficient (Wildman–Crippen LogP) is 2.61. The maximum Gasteiger partial charge on any atom is 0.314 e. The van der Waals surface area contributed by atoms with Gasteiger partial charge in [-0.3, -0.25) is 0 Å². The van der Waals surface area contributed by atoms with Crippen LogP contribution in [0.3, 0.4) is 0 Å². The molecule has 1 fully saturated rings. The number of benzene rings is 1. The highest BCUT2D eigenvalue weighted by Crippen LogP contribution is 2.29. The summed E-state index contributed by atoms with van der Waals surface area (Å²) in [5.41, 5.74) is 5.60. The van der Waals surface area contributed by atoms with Crippen molar-refractivity contribution in [3.8, 4) is 0 Å². The molecule has 98 valence electrons. The quantitative estimate of drug-likeness (QED) is 0.822. The van der Waals surface area contributed by atoms with Gasteiger partial charge in [-0.25, -0.2) is 13.6 Å². The Hall–Kier alpha value is -1.65. The third kappa shape index (κ3) is 2.60. The van der Waals surface area contributed by atoms with Gasteiger partial charge in [0.2, 0.25) is 0 Å². The summed E-state index contributed by atoms with van der Waals surface area (Å²) in [5, 5.41) is 0. The van der Waals surface area contributed by atoms with Crippen LogP contribution in [0.4, 0.5) is 13.6 Å². The normalized spacial score (nSPS) is 20.6. The summed E-state index contributed by atoms with van der Waals surface area (Å²) in [6.07, 6.45) is 2.46. The molecule has 1 aliphatic rings. The van der Waals surface area contributed by atoms with Gasteiger partial charge in [-0.2, -0.15) is 0 Å². The van der Waals surface area contributed by atoms with Crippen LogP contribution in [-0.4, -0.2) is 24.0 Å². The van der Waals surface area contributed by atoms with E-state index in [0.29, 0.717) is 18.7 Å². The molecule has 3 nitrogen and oxygen atoms in total. The maximum absolute atomic E-state index is 13.7. The summed E-state index contributed by atoms with van der Waals surface area (Å²) in [7, 11) is 0. The van der Waals surface area contributed by atoms with Gasteiger partial charge in [0.1, 0.15) is 0 Å². The highest BCUT2D eigenvalue weighted by Gasteiger charge is 2.24. The number of halogens is 2. The van der Waals surface area contributed by atoms with E-state index in [9.17, 15) is 13.6 Å². The molecule has 1 heterocycles. The standard InChI is InChI=1S/C13H16F2N2O/c14-11-6-3-5-10(12(11)15)9-4-1-2-7-17(8-9)13(16)18/h3,5-6,9H,1-2,4,7-8H2,(H2,16,18)/t9-/m1/s1. The zero-order valence-electron chi connectivity index (χ0n) is 10.0. The highest BCUT2D eigenvalue weighted by atomic mass is 19.2. The Morgan fingerprint density at radius 3 is 2.83 bits per heavy atom. The Morgan fingerprint density at radius 2 is 2.11 bits per heavy atom. The van der Waals surface area contributed by atoms with E-state index >= 15 is 0 Å². The van der Waals surface area contributed by atoms with Crippen LogP contribution in [0.25, 0.3) is 0 Å². The number of urea groups is 1. The number of carbonyl (C=O) groups excluding carboxylic acids is 1. The summed E-state index contributed by atoms with van der Waals surface area (Å²) in [5.74, 6) is -1.84. The molecule has 1 aliphatic heterocycles. The van der Waals surface area contributed by atoms with E-state index in [-0.39, 0.29) is 5.92 Å². The molecule has 1 aromatic rings. The topological polar surface area (TPSA) is 46.3 Å². The number of nitrogens with zero attached hydrogens (tertiary/aromatic N) is 1. The van der Waals surface area contributed by atoms with Crippen molar-refractivity contribution in [3.05, 3.63) is 35.4 Å². The van der Waals surface area contributed by atoms with Gasteiger partial charge in [0, 0.05) is 19.0 Å². The third-order valence-corrected chi connectivity index (χ3v) is 3.40. The fraction of sp³-hybridized carbons (Fsp3) is 0.462. The minimum atomic E-state index is -0.845. The van der Waals surface area contributed by atoms with Crippen LogP contribution >= 0.6 is 0 Å². The van der Waals surface area contributed by atoms with E-state index in [4.69, 9.17) is 5.73 Å². The monoisotopic (exact) mass is 254 g/mol. The van der Waals surface area contributed by atoms with Gasteiger partial charge in [-0.05, 0) is 24.5 Å². The third-order valence-electron chi connectivity index (χ3n) is 3.40.